The lowest BCUT2D eigenvalue weighted by Gasteiger charge is -2.11. The SMILES string of the molecule is Cc1ccc(OCCC(C)CCCl)cc1[N+](=O)[O-]. The van der Waals surface area contributed by atoms with Crippen molar-refractivity contribution in [3.63, 3.8) is 0 Å². The molecule has 100 valence electrons. The molecule has 0 saturated heterocycles. The minimum atomic E-state index is -0.391. The molecule has 0 N–H and O–H groups in total. The van der Waals surface area contributed by atoms with E-state index < -0.39 is 4.92 Å². The number of ether oxygens (including phenoxy) is 1. The van der Waals surface area contributed by atoms with Crippen LogP contribution in [0.1, 0.15) is 25.3 Å². The summed E-state index contributed by atoms with van der Waals surface area (Å²) in [6.07, 6.45) is 1.85. The molecule has 4 nitrogen and oxygen atoms in total. The molecule has 0 heterocycles. The number of hydrogen-bond donors (Lipinski definition) is 0. The van der Waals surface area contributed by atoms with Crippen molar-refractivity contribution in [2.24, 2.45) is 5.92 Å². The van der Waals surface area contributed by atoms with Gasteiger partial charge in [0.15, 0.2) is 0 Å². The Balaban J connectivity index is 2.53. The van der Waals surface area contributed by atoms with Gasteiger partial charge in [0.25, 0.3) is 5.69 Å². The van der Waals surface area contributed by atoms with E-state index in [0.717, 1.165) is 12.8 Å². The van der Waals surface area contributed by atoms with E-state index in [9.17, 15) is 10.1 Å². The normalized spacial score (nSPS) is 12.2. The lowest BCUT2D eigenvalue weighted by Crippen LogP contribution is -2.05. The summed E-state index contributed by atoms with van der Waals surface area (Å²) in [4.78, 5) is 10.4. The Labute approximate surface area is 112 Å². The van der Waals surface area contributed by atoms with Crippen molar-refractivity contribution in [2.75, 3.05) is 12.5 Å². The largest absolute Gasteiger partial charge is 0.493 e. The van der Waals surface area contributed by atoms with E-state index in [-0.39, 0.29) is 5.69 Å². The number of nitro benzene ring substituents is 1. The van der Waals surface area contributed by atoms with Gasteiger partial charge in [-0.15, -0.1) is 11.6 Å². The minimum Gasteiger partial charge on any atom is -0.493 e. The molecule has 0 aromatic heterocycles. The van der Waals surface area contributed by atoms with Crippen LogP contribution >= 0.6 is 11.6 Å². The number of halogens is 1. The lowest BCUT2D eigenvalue weighted by atomic mass is 10.1. The predicted molar refractivity (Wildman–Crippen MR) is 72.4 cm³/mol. The van der Waals surface area contributed by atoms with Gasteiger partial charge in [0.2, 0.25) is 0 Å². The molecule has 0 aliphatic heterocycles. The van der Waals surface area contributed by atoms with Crippen LogP contribution in [-0.4, -0.2) is 17.4 Å². The fraction of sp³-hybridized carbons (Fsp3) is 0.538. The van der Waals surface area contributed by atoms with Crippen molar-refractivity contribution in [3.05, 3.63) is 33.9 Å². The van der Waals surface area contributed by atoms with Gasteiger partial charge in [-0.3, -0.25) is 10.1 Å². The molecule has 1 rings (SSSR count). The third-order valence-electron chi connectivity index (χ3n) is 2.86. The maximum atomic E-state index is 10.8. The molecular formula is C13H18ClNO3. The molecule has 0 spiro atoms. The van der Waals surface area contributed by atoms with E-state index in [0.29, 0.717) is 29.7 Å². The van der Waals surface area contributed by atoms with Crippen molar-refractivity contribution >= 4 is 17.3 Å². The van der Waals surface area contributed by atoms with E-state index in [4.69, 9.17) is 16.3 Å². The van der Waals surface area contributed by atoms with Crippen LogP contribution in [0.25, 0.3) is 0 Å². The first kappa shape index (κ1) is 14.8. The van der Waals surface area contributed by atoms with E-state index in [1.807, 2.05) is 0 Å². The molecule has 18 heavy (non-hydrogen) atoms. The van der Waals surface area contributed by atoms with Crippen LogP contribution in [0.3, 0.4) is 0 Å². The molecule has 0 radical (unpaired) electrons. The Kier molecular flexibility index (Phi) is 5.92. The lowest BCUT2D eigenvalue weighted by molar-refractivity contribution is -0.385. The fourth-order valence-corrected chi connectivity index (χ4v) is 1.96. The number of rotatable bonds is 7. The second-order valence-corrected chi connectivity index (χ2v) is 4.80. The van der Waals surface area contributed by atoms with Gasteiger partial charge in [-0.1, -0.05) is 6.92 Å². The summed E-state index contributed by atoms with van der Waals surface area (Å²) in [5, 5.41) is 10.8. The molecule has 1 aromatic carbocycles. The zero-order valence-electron chi connectivity index (χ0n) is 10.7. The molecule has 5 heteroatoms. The molecule has 0 aliphatic carbocycles. The molecule has 1 aromatic rings. The summed E-state index contributed by atoms with van der Waals surface area (Å²) in [5.74, 6) is 1.70. The van der Waals surface area contributed by atoms with E-state index in [1.165, 1.54) is 6.07 Å². The summed E-state index contributed by atoms with van der Waals surface area (Å²) in [5.41, 5.74) is 0.740. The molecule has 0 amide bonds. The van der Waals surface area contributed by atoms with Gasteiger partial charge in [-0.2, -0.15) is 0 Å². The Morgan fingerprint density at radius 3 is 2.78 bits per heavy atom. The number of hydrogen-bond acceptors (Lipinski definition) is 3. The van der Waals surface area contributed by atoms with Crippen molar-refractivity contribution in [3.8, 4) is 5.75 Å². The highest BCUT2D eigenvalue weighted by atomic mass is 35.5. The maximum absolute atomic E-state index is 10.8. The van der Waals surface area contributed by atoms with Gasteiger partial charge < -0.3 is 4.74 Å². The van der Waals surface area contributed by atoms with Crippen LogP contribution in [0.2, 0.25) is 0 Å². The maximum Gasteiger partial charge on any atom is 0.275 e. The summed E-state index contributed by atoms with van der Waals surface area (Å²) in [7, 11) is 0. The highest BCUT2D eigenvalue weighted by Gasteiger charge is 2.11. The quantitative estimate of drug-likeness (QED) is 0.429. The van der Waals surface area contributed by atoms with Crippen LogP contribution in [0.5, 0.6) is 5.75 Å². The van der Waals surface area contributed by atoms with E-state index in [1.54, 1.807) is 19.1 Å². The van der Waals surface area contributed by atoms with Gasteiger partial charge >= 0.3 is 0 Å². The van der Waals surface area contributed by atoms with Crippen LogP contribution in [-0.2, 0) is 0 Å². The average Bonchev–Trinajstić information content (AvgIpc) is 2.31. The van der Waals surface area contributed by atoms with Crippen LogP contribution in [0, 0.1) is 23.0 Å². The summed E-state index contributed by atoms with van der Waals surface area (Å²) >= 11 is 5.65. The molecule has 1 unspecified atom stereocenters. The summed E-state index contributed by atoms with van der Waals surface area (Å²) < 4.78 is 5.52. The van der Waals surface area contributed by atoms with Crippen molar-refractivity contribution in [1.29, 1.82) is 0 Å². The number of nitrogens with zero attached hydrogens (tertiary/aromatic N) is 1. The average molecular weight is 272 g/mol. The summed E-state index contributed by atoms with van der Waals surface area (Å²) in [6.45, 7) is 4.38. The Morgan fingerprint density at radius 1 is 1.44 bits per heavy atom. The zero-order valence-corrected chi connectivity index (χ0v) is 11.4. The van der Waals surface area contributed by atoms with E-state index in [2.05, 4.69) is 6.92 Å². The van der Waals surface area contributed by atoms with Crippen LogP contribution < -0.4 is 4.74 Å². The molecule has 1 atom stereocenters. The van der Waals surface area contributed by atoms with Gasteiger partial charge in [0.05, 0.1) is 17.6 Å². The zero-order chi connectivity index (χ0) is 13.5. The second kappa shape index (κ2) is 7.21. The predicted octanol–water partition coefficient (Wildman–Crippen LogP) is 3.94. The molecule has 0 aliphatic rings. The number of aryl methyl sites for hydroxylation is 1. The monoisotopic (exact) mass is 271 g/mol. The summed E-state index contributed by atoms with van der Waals surface area (Å²) in [6, 6.07) is 4.94. The number of nitro groups is 1. The third-order valence-corrected chi connectivity index (χ3v) is 3.08. The number of benzene rings is 1. The Bertz CT molecular complexity index is 409. The van der Waals surface area contributed by atoms with Crippen molar-refractivity contribution in [1.82, 2.24) is 0 Å². The first-order valence-electron chi connectivity index (χ1n) is 5.98. The van der Waals surface area contributed by atoms with E-state index >= 15 is 0 Å². The molecule has 0 bridgehead atoms. The minimum absolute atomic E-state index is 0.0984. The third kappa shape index (κ3) is 4.53. The van der Waals surface area contributed by atoms with Crippen LogP contribution in [0.4, 0.5) is 5.69 Å². The topological polar surface area (TPSA) is 52.4 Å². The molecule has 0 saturated carbocycles. The van der Waals surface area contributed by atoms with Crippen molar-refractivity contribution in [2.45, 2.75) is 26.7 Å². The van der Waals surface area contributed by atoms with Gasteiger partial charge in [-0.25, -0.2) is 0 Å². The van der Waals surface area contributed by atoms with Gasteiger partial charge in [0, 0.05) is 11.4 Å². The second-order valence-electron chi connectivity index (χ2n) is 4.43. The molecular weight excluding hydrogens is 254 g/mol. The first-order chi connectivity index (χ1) is 8.54. The van der Waals surface area contributed by atoms with Crippen molar-refractivity contribution < 1.29 is 9.66 Å². The van der Waals surface area contributed by atoms with Gasteiger partial charge in [0.1, 0.15) is 5.75 Å². The fourth-order valence-electron chi connectivity index (χ4n) is 1.58. The highest BCUT2D eigenvalue weighted by Crippen LogP contribution is 2.24. The standard InChI is InChI=1S/C13H18ClNO3/c1-10(5-7-14)6-8-18-12-4-3-11(2)13(9-12)15(16)17/h3-4,9-10H,5-8H2,1-2H3. The first-order valence-corrected chi connectivity index (χ1v) is 6.52. The Morgan fingerprint density at radius 2 is 2.17 bits per heavy atom. The van der Waals surface area contributed by atoms with Crippen LogP contribution in [0.15, 0.2) is 18.2 Å². The smallest absolute Gasteiger partial charge is 0.275 e. The van der Waals surface area contributed by atoms with Gasteiger partial charge in [-0.05, 0) is 37.8 Å². The molecule has 0 fully saturated rings. The number of alkyl halides is 1. The highest BCUT2D eigenvalue weighted by molar-refractivity contribution is 6.17. The Hall–Kier alpha value is -1.29.